The van der Waals surface area contributed by atoms with Crippen molar-refractivity contribution in [1.82, 2.24) is 0 Å². The van der Waals surface area contributed by atoms with Gasteiger partial charge in [0.2, 0.25) is 0 Å². The fraction of sp³-hybridized carbons (Fsp3) is 0.250. The van der Waals surface area contributed by atoms with Crippen LogP contribution in [0.15, 0.2) is 60.3 Å². The molecule has 112 valence electrons. The molecule has 0 bridgehead atoms. The van der Waals surface area contributed by atoms with E-state index in [1.807, 2.05) is 44.3 Å². The number of fused-ring (bicyclic) bond motifs is 1. The van der Waals surface area contributed by atoms with Gasteiger partial charge in [-0.1, -0.05) is 61.9 Å². The van der Waals surface area contributed by atoms with Gasteiger partial charge in [0, 0.05) is 35.5 Å². The lowest BCUT2D eigenvalue weighted by Crippen LogP contribution is -2.24. The van der Waals surface area contributed by atoms with Crippen LogP contribution >= 0.6 is 0 Å². The number of carbonyl (C=O) groups is 1. The maximum Gasteiger partial charge on any atom is 0.187 e. The smallest absolute Gasteiger partial charge is 0.187 e. The number of benzene rings is 2. The van der Waals surface area contributed by atoms with Crippen molar-refractivity contribution in [2.45, 2.75) is 26.2 Å². The number of allylic oxidation sites excluding steroid dienone is 2. The van der Waals surface area contributed by atoms with E-state index >= 15 is 0 Å². The molecule has 0 aromatic heterocycles. The first kappa shape index (κ1) is 14.6. The van der Waals surface area contributed by atoms with Crippen LogP contribution < -0.4 is 4.90 Å². The molecule has 0 radical (unpaired) electrons. The van der Waals surface area contributed by atoms with E-state index in [1.54, 1.807) is 6.08 Å². The molecule has 0 N–H and O–H groups in total. The summed E-state index contributed by atoms with van der Waals surface area (Å²) in [6, 6.07) is 16.1. The van der Waals surface area contributed by atoms with Crippen LogP contribution in [-0.2, 0) is 5.41 Å². The van der Waals surface area contributed by atoms with E-state index in [2.05, 4.69) is 36.9 Å². The van der Waals surface area contributed by atoms with Crippen LogP contribution in [0.3, 0.4) is 0 Å². The van der Waals surface area contributed by atoms with E-state index < -0.39 is 0 Å². The lowest BCUT2D eigenvalue weighted by molar-refractivity contribution is 0.104. The highest BCUT2D eigenvalue weighted by atomic mass is 16.1. The van der Waals surface area contributed by atoms with Crippen molar-refractivity contribution in [2.24, 2.45) is 0 Å². The number of anilines is 1. The van der Waals surface area contributed by atoms with Gasteiger partial charge in [-0.15, -0.1) is 0 Å². The minimum Gasteiger partial charge on any atom is -0.347 e. The van der Waals surface area contributed by atoms with Gasteiger partial charge in [0.1, 0.15) is 0 Å². The van der Waals surface area contributed by atoms with E-state index in [4.69, 9.17) is 0 Å². The minimum atomic E-state index is -0.161. The summed E-state index contributed by atoms with van der Waals surface area (Å²) in [5, 5.41) is 0. The lowest BCUT2D eigenvalue weighted by atomic mass is 9.83. The van der Waals surface area contributed by atoms with E-state index in [0.717, 1.165) is 16.8 Å². The second kappa shape index (κ2) is 5.13. The molecule has 22 heavy (non-hydrogen) atoms. The number of nitrogens with zero attached hydrogens (tertiary/aromatic N) is 1. The summed E-state index contributed by atoms with van der Waals surface area (Å²) in [6.07, 6.45) is 1.78. The summed E-state index contributed by atoms with van der Waals surface area (Å²) in [7, 11) is 2.03. The second-order valence-electron chi connectivity index (χ2n) is 6.46. The van der Waals surface area contributed by atoms with Crippen LogP contribution in [0.5, 0.6) is 0 Å². The molecular weight excluding hydrogens is 270 g/mol. The SMILES string of the molecule is Cc1ccc(C(=O)/C=C2\N(C)c3ccccc3C2(C)C)cc1. The van der Waals surface area contributed by atoms with Crippen molar-refractivity contribution in [3.8, 4) is 0 Å². The summed E-state index contributed by atoms with van der Waals surface area (Å²) >= 11 is 0. The molecule has 2 aromatic rings. The van der Waals surface area contributed by atoms with Crippen LogP contribution in [-0.4, -0.2) is 12.8 Å². The van der Waals surface area contributed by atoms with Gasteiger partial charge in [0.15, 0.2) is 5.78 Å². The predicted molar refractivity (Wildman–Crippen MR) is 91.5 cm³/mol. The zero-order valence-corrected chi connectivity index (χ0v) is 13.6. The number of rotatable bonds is 2. The number of hydrogen-bond acceptors (Lipinski definition) is 2. The Hall–Kier alpha value is -2.35. The largest absolute Gasteiger partial charge is 0.347 e. The Bertz CT molecular complexity index is 754. The first-order chi connectivity index (χ1) is 10.4. The van der Waals surface area contributed by atoms with Gasteiger partial charge in [-0.2, -0.15) is 0 Å². The predicted octanol–water partition coefficient (Wildman–Crippen LogP) is 4.49. The van der Waals surface area contributed by atoms with E-state index in [1.165, 1.54) is 11.3 Å². The standard InChI is InChI=1S/C20H21NO/c1-14-9-11-15(12-10-14)18(22)13-19-20(2,3)16-7-5-6-8-17(16)21(19)4/h5-13H,1-4H3/b19-13-. The number of carbonyl (C=O) groups excluding carboxylic acids is 1. The molecule has 0 aliphatic carbocycles. The van der Waals surface area contributed by atoms with Gasteiger partial charge in [-0.25, -0.2) is 0 Å². The Kier molecular flexibility index (Phi) is 3.40. The molecular formula is C20H21NO. The zero-order chi connectivity index (χ0) is 15.9. The van der Waals surface area contributed by atoms with Gasteiger partial charge in [-0.3, -0.25) is 4.79 Å². The Balaban J connectivity index is 2.01. The number of ketones is 1. The average molecular weight is 291 g/mol. The number of aryl methyl sites for hydroxylation is 1. The van der Waals surface area contributed by atoms with Crippen molar-refractivity contribution in [3.63, 3.8) is 0 Å². The molecule has 0 fully saturated rings. The molecule has 1 aliphatic rings. The molecule has 2 aromatic carbocycles. The third-order valence-electron chi connectivity index (χ3n) is 4.54. The molecule has 1 aliphatic heterocycles. The van der Waals surface area contributed by atoms with Crippen molar-refractivity contribution in [1.29, 1.82) is 0 Å². The highest BCUT2D eigenvalue weighted by Gasteiger charge is 2.38. The van der Waals surface area contributed by atoms with Crippen molar-refractivity contribution >= 4 is 11.5 Å². The molecule has 0 saturated carbocycles. The van der Waals surface area contributed by atoms with E-state index in [0.29, 0.717) is 0 Å². The molecule has 2 nitrogen and oxygen atoms in total. The highest BCUT2D eigenvalue weighted by molar-refractivity contribution is 6.05. The fourth-order valence-electron chi connectivity index (χ4n) is 3.18. The molecule has 2 heteroatoms. The van der Waals surface area contributed by atoms with Gasteiger partial charge in [0.25, 0.3) is 0 Å². The van der Waals surface area contributed by atoms with Crippen LogP contribution in [0.1, 0.15) is 35.3 Å². The van der Waals surface area contributed by atoms with Gasteiger partial charge in [0.05, 0.1) is 0 Å². The topological polar surface area (TPSA) is 20.3 Å². The first-order valence-electron chi connectivity index (χ1n) is 7.57. The van der Waals surface area contributed by atoms with Crippen molar-refractivity contribution < 1.29 is 4.79 Å². The number of hydrogen-bond donors (Lipinski definition) is 0. The van der Waals surface area contributed by atoms with Crippen LogP contribution in [0.2, 0.25) is 0 Å². The molecule has 0 spiro atoms. The molecule has 0 amide bonds. The van der Waals surface area contributed by atoms with Gasteiger partial charge < -0.3 is 4.90 Å². The Morgan fingerprint density at radius 2 is 1.68 bits per heavy atom. The highest BCUT2D eigenvalue weighted by Crippen LogP contribution is 2.46. The molecule has 0 saturated heterocycles. The van der Waals surface area contributed by atoms with Crippen molar-refractivity contribution in [3.05, 3.63) is 77.0 Å². The second-order valence-corrected chi connectivity index (χ2v) is 6.46. The van der Waals surface area contributed by atoms with Gasteiger partial charge >= 0.3 is 0 Å². The van der Waals surface area contributed by atoms with Crippen LogP contribution in [0, 0.1) is 6.92 Å². The Morgan fingerprint density at radius 3 is 2.32 bits per heavy atom. The summed E-state index contributed by atoms with van der Waals surface area (Å²) < 4.78 is 0. The molecule has 3 rings (SSSR count). The maximum atomic E-state index is 12.6. The number of likely N-dealkylation sites (N-methyl/N-ethyl adjacent to an activating group) is 1. The lowest BCUT2D eigenvalue weighted by Gasteiger charge is -2.24. The van der Waals surface area contributed by atoms with Crippen LogP contribution in [0.25, 0.3) is 0 Å². The summed E-state index contributed by atoms with van der Waals surface area (Å²) in [6.45, 7) is 6.37. The number of para-hydroxylation sites is 1. The minimum absolute atomic E-state index is 0.0581. The zero-order valence-electron chi connectivity index (χ0n) is 13.6. The monoisotopic (exact) mass is 291 g/mol. The summed E-state index contributed by atoms with van der Waals surface area (Å²) in [5.74, 6) is 0.0581. The van der Waals surface area contributed by atoms with Crippen LogP contribution in [0.4, 0.5) is 5.69 Å². The third kappa shape index (κ3) is 2.25. The molecule has 0 atom stereocenters. The van der Waals surface area contributed by atoms with Crippen molar-refractivity contribution in [2.75, 3.05) is 11.9 Å². The first-order valence-corrected chi connectivity index (χ1v) is 7.57. The Labute approximate surface area is 132 Å². The maximum absolute atomic E-state index is 12.6. The third-order valence-corrected chi connectivity index (χ3v) is 4.54. The summed E-state index contributed by atoms with van der Waals surface area (Å²) in [5.41, 5.74) is 5.22. The van der Waals surface area contributed by atoms with Gasteiger partial charge in [-0.05, 0) is 18.6 Å². The molecule has 0 unspecified atom stereocenters. The van der Waals surface area contributed by atoms with E-state index in [-0.39, 0.29) is 11.2 Å². The molecule has 1 heterocycles. The average Bonchev–Trinajstić information content (AvgIpc) is 2.69. The normalized spacial score (nSPS) is 17.6. The quantitative estimate of drug-likeness (QED) is 0.600. The Morgan fingerprint density at radius 1 is 1.05 bits per heavy atom. The van der Waals surface area contributed by atoms with E-state index in [9.17, 15) is 4.79 Å². The fourth-order valence-corrected chi connectivity index (χ4v) is 3.18. The summed E-state index contributed by atoms with van der Waals surface area (Å²) in [4.78, 5) is 14.7.